The summed E-state index contributed by atoms with van der Waals surface area (Å²) in [4.78, 5) is 4.50. The van der Waals surface area contributed by atoms with Crippen molar-refractivity contribution < 1.29 is 4.74 Å². The van der Waals surface area contributed by atoms with Crippen LogP contribution in [0.3, 0.4) is 0 Å². The summed E-state index contributed by atoms with van der Waals surface area (Å²) in [5, 5.41) is 0. The Morgan fingerprint density at radius 2 is 2.08 bits per heavy atom. The molecule has 0 bridgehead atoms. The van der Waals surface area contributed by atoms with Crippen LogP contribution in [0, 0.1) is 5.41 Å². The van der Waals surface area contributed by atoms with Crippen LogP contribution in [-0.4, -0.2) is 24.6 Å². The van der Waals surface area contributed by atoms with Crippen molar-refractivity contribution in [2.24, 2.45) is 16.1 Å². The minimum Gasteiger partial charge on any atom is -0.387 e. The standard InChI is InChI=1S/C10H20N2O/c1-7-8(5-6-13-7)12-9(11)10(2,3)4/h7-8H,5-6H2,1-4H3,(H2,11,12). The molecule has 1 aliphatic heterocycles. The van der Waals surface area contributed by atoms with Gasteiger partial charge in [-0.05, 0) is 13.3 Å². The van der Waals surface area contributed by atoms with Gasteiger partial charge in [-0.25, -0.2) is 0 Å². The first-order chi connectivity index (χ1) is 5.91. The summed E-state index contributed by atoms with van der Waals surface area (Å²) in [6.07, 6.45) is 1.22. The lowest BCUT2D eigenvalue weighted by molar-refractivity contribution is 0.119. The molecule has 2 atom stereocenters. The predicted octanol–water partition coefficient (Wildman–Crippen LogP) is 1.57. The van der Waals surface area contributed by atoms with E-state index in [0.717, 1.165) is 18.9 Å². The average molecular weight is 184 g/mol. The number of rotatable bonds is 1. The Balaban J connectivity index is 2.64. The molecule has 0 aromatic heterocycles. The van der Waals surface area contributed by atoms with Crippen LogP contribution in [0.15, 0.2) is 4.99 Å². The third kappa shape index (κ3) is 2.69. The van der Waals surface area contributed by atoms with Gasteiger partial charge in [-0.3, -0.25) is 4.99 Å². The maximum absolute atomic E-state index is 5.89. The van der Waals surface area contributed by atoms with Gasteiger partial charge in [-0.2, -0.15) is 0 Å². The van der Waals surface area contributed by atoms with E-state index in [-0.39, 0.29) is 17.6 Å². The molecule has 0 radical (unpaired) electrons. The Kier molecular flexibility index (Phi) is 2.96. The maximum Gasteiger partial charge on any atom is 0.0995 e. The molecule has 3 nitrogen and oxygen atoms in total. The van der Waals surface area contributed by atoms with E-state index < -0.39 is 0 Å². The van der Waals surface area contributed by atoms with E-state index in [4.69, 9.17) is 10.5 Å². The van der Waals surface area contributed by atoms with Gasteiger partial charge in [-0.15, -0.1) is 0 Å². The van der Waals surface area contributed by atoms with Crippen molar-refractivity contribution in [3.63, 3.8) is 0 Å². The van der Waals surface area contributed by atoms with Gasteiger partial charge in [0.1, 0.15) is 0 Å². The van der Waals surface area contributed by atoms with Crippen molar-refractivity contribution in [3.8, 4) is 0 Å². The van der Waals surface area contributed by atoms with Crippen molar-refractivity contribution >= 4 is 5.84 Å². The second-order valence-corrected chi connectivity index (χ2v) is 4.70. The Morgan fingerprint density at radius 1 is 1.46 bits per heavy atom. The highest BCUT2D eigenvalue weighted by molar-refractivity contribution is 5.85. The topological polar surface area (TPSA) is 47.6 Å². The van der Waals surface area contributed by atoms with Crippen LogP contribution >= 0.6 is 0 Å². The molecule has 0 aromatic carbocycles. The van der Waals surface area contributed by atoms with Crippen LogP contribution in [0.4, 0.5) is 0 Å². The van der Waals surface area contributed by atoms with Crippen LogP contribution in [-0.2, 0) is 4.74 Å². The highest BCUT2D eigenvalue weighted by Crippen LogP contribution is 2.20. The normalized spacial score (nSPS) is 30.9. The molecule has 2 N–H and O–H groups in total. The van der Waals surface area contributed by atoms with E-state index in [0.29, 0.717) is 0 Å². The van der Waals surface area contributed by atoms with Gasteiger partial charge in [0.25, 0.3) is 0 Å². The minimum atomic E-state index is -0.0255. The maximum atomic E-state index is 5.89. The fourth-order valence-electron chi connectivity index (χ4n) is 1.26. The fraction of sp³-hybridized carbons (Fsp3) is 0.900. The van der Waals surface area contributed by atoms with Crippen molar-refractivity contribution in [1.82, 2.24) is 0 Å². The summed E-state index contributed by atoms with van der Waals surface area (Å²) < 4.78 is 5.42. The molecule has 1 rings (SSSR count). The summed E-state index contributed by atoms with van der Waals surface area (Å²) in [7, 11) is 0. The minimum absolute atomic E-state index is 0.0255. The first kappa shape index (κ1) is 10.5. The number of hydrogen-bond donors (Lipinski definition) is 1. The molecule has 1 saturated heterocycles. The fourth-order valence-corrected chi connectivity index (χ4v) is 1.26. The number of amidine groups is 1. The van der Waals surface area contributed by atoms with E-state index in [1.807, 2.05) is 0 Å². The van der Waals surface area contributed by atoms with Crippen molar-refractivity contribution in [2.75, 3.05) is 6.61 Å². The molecule has 2 unspecified atom stereocenters. The Labute approximate surface area is 80.4 Å². The van der Waals surface area contributed by atoms with Gasteiger partial charge >= 0.3 is 0 Å². The summed E-state index contributed by atoms with van der Waals surface area (Å²) >= 11 is 0. The molecule has 0 saturated carbocycles. The van der Waals surface area contributed by atoms with Gasteiger partial charge in [0.15, 0.2) is 0 Å². The molecule has 1 aliphatic rings. The summed E-state index contributed by atoms with van der Waals surface area (Å²) in [5.74, 6) is 0.731. The molecule has 13 heavy (non-hydrogen) atoms. The number of nitrogens with two attached hydrogens (primary N) is 1. The predicted molar refractivity (Wildman–Crippen MR) is 54.9 cm³/mol. The Morgan fingerprint density at radius 3 is 2.46 bits per heavy atom. The van der Waals surface area contributed by atoms with Crippen LogP contribution < -0.4 is 5.73 Å². The van der Waals surface area contributed by atoms with Gasteiger partial charge in [-0.1, -0.05) is 20.8 Å². The number of nitrogens with zero attached hydrogens (tertiary/aromatic N) is 1. The Bertz CT molecular complexity index is 205. The first-order valence-electron chi connectivity index (χ1n) is 4.86. The zero-order valence-corrected chi connectivity index (χ0v) is 9.00. The van der Waals surface area contributed by atoms with Gasteiger partial charge in [0.05, 0.1) is 18.0 Å². The number of ether oxygens (including phenoxy) is 1. The van der Waals surface area contributed by atoms with E-state index >= 15 is 0 Å². The van der Waals surface area contributed by atoms with Crippen LogP contribution in [0.2, 0.25) is 0 Å². The van der Waals surface area contributed by atoms with Crippen molar-refractivity contribution in [2.45, 2.75) is 46.3 Å². The Hall–Kier alpha value is -0.570. The zero-order valence-electron chi connectivity index (χ0n) is 9.00. The lowest BCUT2D eigenvalue weighted by Crippen LogP contribution is -2.32. The van der Waals surface area contributed by atoms with Gasteiger partial charge < -0.3 is 10.5 Å². The second kappa shape index (κ2) is 3.66. The molecule has 0 aliphatic carbocycles. The number of aliphatic imine (C=N–C) groups is 1. The average Bonchev–Trinajstić information content (AvgIpc) is 2.34. The summed E-state index contributed by atoms with van der Waals surface area (Å²) in [6, 6.07) is 0.263. The molecule has 1 fully saturated rings. The van der Waals surface area contributed by atoms with E-state index in [1.165, 1.54) is 0 Å². The monoisotopic (exact) mass is 184 g/mol. The molecular weight excluding hydrogens is 164 g/mol. The molecular formula is C10H20N2O. The van der Waals surface area contributed by atoms with E-state index in [1.54, 1.807) is 0 Å². The highest BCUT2D eigenvalue weighted by atomic mass is 16.5. The zero-order chi connectivity index (χ0) is 10.1. The molecule has 1 heterocycles. The van der Waals surface area contributed by atoms with E-state index in [2.05, 4.69) is 32.7 Å². The SMILES string of the molecule is CC1OCCC1N=C(N)C(C)(C)C. The van der Waals surface area contributed by atoms with Crippen LogP contribution in [0.25, 0.3) is 0 Å². The molecule has 3 heteroatoms. The summed E-state index contributed by atoms with van der Waals surface area (Å²) in [6.45, 7) is 9.09. The molecule has 0 spiro atoms. The van der Waals surface area contributed by atoms with Gasteiger partial charge in [0, 0.05) is 12.0 Å². The third-order valence-electron chi connectivity index (χ3n) is 2.41. The molecule has 76 valence electrons. The lowest BCUT2D eigenvalue weighted by atomic mass is 9.95. The lowest BCUT2D eigenvalue weighted by Gasteiger charge is -2.20. The number of hydrogen-bond acceptors (Lipinski definition) is 2. The first-order valence-corrected chi connectivity index (χ1v) is 4.86. The third-order valence-corrected chi connectivity index (χ3v) is 2.41. The second-order valence-electron chi connectivity index (χ2n) is 4.70. The van der Waals surface area contributed by atoms with Crippen molar-refractivity contribution in [1.29, 1.82) is 0 Å². The molecule has 0 aromatic rings. The largest absolute Gasteiger partial charge is 0.387 e. The quantitative estimate of drug-likeness (QED) is 0.496. The highest BCUT2D eigenvalue weighted by Gasteiger charge is 2.25. The van der Waals surface area contributed by atoms with Crippen LogP contribution in [0.1, 0.15) is 34.1 Å². The van der Waals surface area contributed by atoms with E-state index in [9.17, 15) is 0 Å². The smallest absolute Gasteiger partial charge is 0.0995 e. The van der Waals surface area contributed by atoms with Crippen LogP contribution in [0.5, 0.6) is 0 Å². The van der Waals surface area contributed by atoms with Gasteiger partial charge in [0.2, 0.25) is 0 Å². The van der Waals surface area contributed by atoms with Crippen molar-refractivity contribution in [3.05, 3.63) is 0 Å². The summed E-state index contributed by atoms with van der Waals surface area (Å²) in [5.41, 5.74) is 5.86. The molecule has 0 amide bonds.